The highest BCUT2D eigenvalue weighted by Gasteiger charge is 2.32. The molecule has 1 unspecified atom stereocenters. The minimum Gasteiger partial charge on any atom is -0.360 e. The van der Waals surface area contributed by atoms with E-state index in [9.17, 15) is 9.59 Å². The summed E-state index contributed by atoms with van der Waals surface area (Å²) in [5.41, 5.74) is 1.31. The van der Waals surface area contributed by atoms with Gasteiger partial charge in [0.15, 0.2) is 0 Å². The average molecular weight is 312 g/mol. The smallest absolute Gasteiger partial charge is 0.292 e. The number of hydrogen-bond acceptors (Lipinski definition) is 4. The van der Waals surface area contributed by atoms with Crippen molar-refractivity contribution in [3.8, 4) is 0 Å². The van der Waals surface area contributed by atoms with Crippen molar-refractivity contribution < 1.29 is 9.59 Å². The van der Waals surface area contributed by atoms with E-state index in [1.54, 1.807) is 6.20 Å². The van der Waals surface area contributed by atoms with E-state index in [4.69, 9.17) is 0 Å². The molecule has 3 fully saturated rings. The van der Waals surface area contributed by atoms with Gasteiger partial charge in [-0.25, -0.2) is 0 Å². The molecule has 120 valence electrons. The number of para-hydroxylation sites is 1. The minimum absolute atomic E-state index is 0.317. The molecule has 0 aliphatic carbocycles. The molecule has 3 aliphatic rings. The third-order valence-corrected chi connectivity index (χ3v) is 4.93. The molecule has 0 spiro atoms. The Morgan fingerprint density at radius 2 is 1.96 bits per heavy atom. The molecule has 1 aromatic carbocycles. The third-order valence-electron chi connectivity index (χ3n) is 4.93. The molecule has 1 aromatic heterocycles. The van der Waals surface area contributed by atoms with Gasteiger partial charge in [-0.15, -0.1) is 0 Å². The lowest BCUT2D eigenvalue weighted by Gasteiger charge is -2.47. The van der Waals surface area contributed by atoms with Crippen LogP contribution in [0.5, 0.6) is 0 Å². The van der Waals surface area contributed by atoms with E-state index >= 15 is 0 Å². The number of piperazine rings is 3. The first-order valence-corrected chi connectivity index (χ1v) is 8.07. The first-order chi connectivity index (χ1) is 11.2. The number of ketones is 1. The fraction of sp³-hybridized carbons (Fsp3) is 0.412. The van der Waals surface area contributed by atoms with E-state index in [0.717, 1.165) is 43.6 Å². The molecule has 6 nitrogen and oxygen atoms in total. The average Bonchev–Trinajstić information content (AvgIpc) is 3.04. The molecule has 3 saturated heterocycles. The molecule has 0 radical (unpaired) electrons. The molecule has 2 aromatic rings. The summed E-state index contributed by atoms with van der Waals surface area (Å²) < 4.78 is 0. The van der Waals surface area contributed by atoms with Crippen LogP contribution in [0.3, 0.4) is 0 Å². The summed E-state index contributed by atoms with van der Waals surface area (Å²) in [5.74, 6) is -0.994. The molecule has 3 aliphatic heterocycles. The maximum atomic E-state index is 12.4. The second-order valence-electron chi connectivity index (χ2n) is 6.28. The van der Waals surface area contributed by atoms with Gasteiger partial charge in [-0.2, -0.15) is 0 Å². The van der Waals surface area contributed by atoms with Crippen LogP contribution in [-0.2, 0) is 4.79 Å². The first kappa shape index (κ1) is 14.4. The summed E-state index contributed by atoms with van der Waals surface area (Å²) in [5, 5.41) is 3.61. The van der Waals surface area contributed by atoms with Gasteiger partial charge >= 0.3 is 0 Å². The van der Waals surface area contributed by atoms with Gasteiger partial charge in [-0.3, -0.25) is 19.4 Å². The Morgan fingerprint density at radius 1 is 1.17 bits per heavy atom. The predicted molar refractivity (Wildman–Crippen MR) is 87.4 cm³/mol. The maximum Gasteiger partial charge on any atom is 0.292 e. The quantitative estimate of drug-likeness (QED) is 0.636. The van der Waals surface area contributed by atoms with Crippen LogP contribution in [0.25, 0.3) is 10.9 Å². The molecule has 1 amide bonds. The molecular formula is C17H20N4O2. The van der Waals surface area contributed by atoms with Gasteiger partial charge in [0.1, 0.15) is 0 Å². The van der Waals surface area contributed by atoms with Gasteiger partial charge in [0, 0.05) is 62.4 Å². The van der Waals surface area contributed by atoms with E-state index < -0.39 is 11.7 Å². The Balaban J connectivity index is 1.42. The molecule has 23 heavy (non-hydrogen) atoms. The highest BCUT2D eigenvalue weighted by molar-refractivity contribution is 6.44. The number of fused-ring (bicyclic) bond motifs is 4. The number of hydrogen-bond donors (Lipinski definition) is 2. The van der Waals surface area contributed by atoms with Crippen LogP contribution in [0.2, 0.25) is 0 Å². The molecule has 4 heterocycles. The normalized spacial score (nSPS) is 26.3. The second-order valence-corrected chi connectivity index (χ2v) is 6.28. The van der Waals surface area contributed by atoms with Gasteiger partial charge in [0.2, 0.25) is 0 Å². The van der Waals surface area contributed by atoms with Crippen LogP contribution in [0.15, 0.2) is 30.5 Å². The minimum atomic E-state index is -0.521. The fourth-order valence-corrected chi connectivity index (χ4v) is 3.59. The van der Waals surface area contributed by atoms with Gasteiger partial charge in [0.05, 0.1) is 5.56 Å². The zero-order valence-corrected chi connectivity index (χ0v) is 12.9. The number of nitrogens with zero attached hydrogens (tertiary/aromatic N) is 2. The van der Waals surface area contributed by atoms with Crippen molar-refractivity contribution in [2.24, 2.45) is 0 Å². The summed E-state index contributed by atoms with van der Waals surface area (Å²) in [6.07, 6.45) is 1.62. The van der Waals surface area contributed by atoms with Gasteiger partial charge in [-0.05, 0) is 6.07 Å². The van der Waals surface area contributed by atoms with Crippen LogP contribution < -0.4 is 5.32 Å². The van der Waals surface area contributed by atoms with Gasteiger partial charge in [-0.1, -0.05) is 18.2 Å². The van der Waals surface area contributed by atoms with Crippen molar-refractivity contribution in [3.63, 3.8) is 0 Å². The van der Waals surface area contributed by atoms with E-state index in [-0.39, 0.29) is 0 Å². The summed E-state index contributed by atoms with van der Waals surface area (Å²) in [7, 11) is 0. The van der Waals surface area contributed by atoms with Crippen LogP contribution >= 0.6 is 0 Å². The van der Waals surface area contributed by atoms with Crippen LogP contribution in [0.1, 0.15) is 10.4 Å². The third kappa shape index (κ3) is 2.64. The molecular weight excluding hydrogens is 292 g/mol. The summed E-state index contributed by atoms with van der Waals surface area (Å²) in [6, 6.07) is 7.83. The zero-order chi connectivity index (χ0) is 15.8. The Hall–Kier alpha value is -2.18. The number of nitrogens with one attached hydrogen (secondary N) is 2. The molecule has 1 atom stereocenters. The number of aromatic nitrogens is 1. The zero-order valence-electron chi connectivity index (χ0n) is 12.9. The predicted octanol–water partition coefficient (Wildman–Crippen LogP) is 0.467. The number of carbonyl (C=O) groups excluding carboxylic acids is 2. The standard InChI is InChI=1S/C17H20N4O2/c22-16(14-10-18-15-4-2-1-3-13(14)15)17(23)19-9-12-11-20-5-7-21(12)8-6-20/h1-4,10,12,18H,5-9,11H2,(H,19,23). The number of carbonyl (C=O) groups is 2. The van der Waals surface area contributed by atoms with Crippen molar-refractivity contribution in [3.05, 3.63) is 36.0 Å². The molecule has 6 heteroatoms. The van der Waals surface area contributed by atoms with Crippen molar-refractivity contribution in [1.82, 2.24) is 20.1 Å². The monoisotopic (exact) mass is 312 g/mol. The highest BCUT2D eigenvalue weighted by atomic mass is 16.2. The molecule has 5 rings (SSSR count). The first-order valence-electron chi connectivity index (χ1n) is 8.07. The van der Waals surface area contributed by atoms with Crippen molar-refractivity contribution in [2.75, 3.05) is 39.3 Å². The summed E-state index contributed by atoms with van der Waals surface area (Å²) >= 11 is 0. The molecule has 2 bridgehead atoms. The van der Waals surface area contributed by atoms with E-state index in [2.05, 4.69) is 20.1 Å². The second kappa shape index (κ2) is 5.79. The van der Waals surface area contributed by atoms with Crippen LogP contribution in [0, 0.1) is 0 Å². The van der Waals surface area contributed by atoms with Crippen LogP contribution in [0.4, 0.5) is 0 Å². The number of benzene rings is 1. The van der Waals surface area contributed by atoms with Crippen molar-refractivity contribution in [2.45, 2.75) is 6.04 Å². The number of Topliss-reactive ketones (excluding diaryl/α,β-unsaturated/α-hetero) is 1. The Labute approximate surface area is 134 Å². The van der Waals surface area contributed by atoms with E-state index in [1.807, 2.05) is 24.3 Å². The lowest BCUT2D eigenvalue weighted by Crippen LogP contribution is -2.63. The lowest BCUT2D eigenvalue weighted by molar-refractivity contribution is -0.117. The number of amides is 1. The fourth-order valence-electron chi connectivity index (χ4n) is 3.59. The Kier molecular flexibility index (Phi) is 3.63. The van der Waals surface area contributed by atoms with Crippen molar-refractivity contribution >= 4 is 22.6 Å². The molecule has 2 N–H and O–H groups in total. The Bertz CT molecular complexity index is 746. The topological polar surface area (TPSA) is 68.4 Å². The van der Waals surface area contributed by atoms with Crippen LogP contribution in [-0.4, -0.2) is 71.8 Å². The Morgan fingerprint density at radius 3 is 2.70 bits per heavy atom. The number of rotatable bonds is 4. The highest BCUT2D eigenvalue weighted by Crippen LogP contribution is 2.18. The maximum absolute atomic E-state index is 12.4. The van der Waals surface area contributed by atoms with E-state index in [1.165, 1.54) is 0 Å². The number of aromatic amines is 1. The SMILES string of the molecule is O=C(NCC1CN2CCN1CC2)C(=O)c1c[nH]c2ccccc12. The van der Waals surface area contributed by atoms with E-state index in [0.29, 0.717) is 18.2 Å². The van der Waals surface area contributed by atoms with Gasteiger partial charge < -0.3 is 10.3 Å². The lowest BCUT2D eigenvalue weighted by atomic mass is 10.1. The molecule has 0 saturated carbocycles. The largest absolute Gasteiger partial charge is 0.360 e. The summed E-state index contributed by atoms with van der Waals surface area (Å²) in [6.45, 7) is 5.83. The van der Waals surface area contributed by atoms with Gasteiger partial charge in [0.25, 0.3) is 11.7 Å². The van der Waals surface area contributed by atoms with Crippen molar-refractivity contribution in [1.29, 1.82) is 0 Å². The summed E-state index contributed by atoms with van der Waals surface area (Å²) in [4.78, 5) is 32.5. The number of H-pyrrole nitrogens is 1.